The van der Waals surface area contributed by atoms with E-state index in [4.69, 9.17) is 9.47 Å². The van der Waals surface area contributed by atoms with E-state index in [0.29, 0.717) is 22.8 Å². The van der Waals surface area contributed by atoms with Gasteiger partial charge < -0.3 is 14.4 Å². The van der Waals surface area contributed by atoms with Crippen molar-refractivity contribution in [3.8, 4) is 11.5 Å². The maximum atomic E-state index is 13.0. The first-order valence-electron chi connectivity index (χ1n) is 9.36. The summed E-state index contributed by atoms with van der Waals surface area (Å²) in [5.74, 6) is 4.74. The summed E-state index contributed by atoms with van der Waals surface area (Å²) < 4.78 is 11.6. The lowest BCUT2D eigenvalue weighted by Gasteiger charge is -2.52. The molecule has 4 nitrogen and oxygen atoms in total. The maximum absolute atomic E-state index is 13.0. The number of hydrogen-bond donors (Lipinski definition) is 0. The monoisotopic (exact) mass is 393 g/mol. The Morgan fingerprint density at radius 1 is 1.15 bits per heavy atom. The van der Waals surface area contributed by atoms with Crippen LogP contribution < -0.4 is 9.47 Å². The van der Waals surface area contributed by atoms with E-state index in [-0.39, 0.29) is 5.54 Å². The quantitative estimate of drug-likeness (QED) is 0.778. The fourth-order valence-corrected chi connectivity index (χ4v) is 7.92. The highest BCUT2D eigenvalue weighted by molar-refractivity contribution is 8.17. The summed E-state index contributed by atoms with van der Waals surface area (Å²) in [5.41, 5.74) is 2.29. The van der Waals surface area contributed by atoms with Gasteiger partial charge in [0.2, 0.25) is 5.91 Å². The Labute approximate surface area is 164 Å². The molecule has 3 aliphatic rings. The van der Waals surface area contributed by atoms with Crippen molar-refractivity contribution < 1.29 is 14.3 Å². The van der Waals surface area contributed by atoms with Crippen LogP contribution in [0.2, 0.25) is 0 Å². The maximum Gasteiger partial charge on any atom is 0.223 e. The zero-order valence-corrected chi connectivity index (χ0v) is 17.4. The standard InChI is InChI=1S/C20H27NO3S2/c1-20-12-14(19-25-7-4-8-26-19)10-18(22)21(20)6-5-13-9-16(23-2)17(24-3)11-15(13)20/h9,11,14,19H,4-8,10,12H2,1-3H3/t14-,20+/m0/s1. The van der Waals surface area contributed by atoms with E-state index in [1.54, 1.807) is 14.2 Å². The molecule has 0 unspecified atom stereocenters. The van der Waals surface area contributed by atoms with E-state index in [1.807, 2.05) is 0 Å². The van der Waals surface area contributed by atoms with Gasteiger partial charge in [0.15, 0.2) is 11.5 Å². The lowest BCUT2D eigenvalue weighted by molar-refractivity contribution is -0.145. The summed E-state index contributed by atoms with van der Waals surface area (Å²) in [6.07, 6.45) is 3.90. The third kappa shape index (κ3) is 2.99. The summed E-state index contributed by atoms with van der Waals surface area (Å²) in [4.78, 5) is 15.1. The molecule has 2 atom stereocenters. The van der Waals surface area contributed by atoms with Gasteiger partial charge in [-0.05, 0) is 66.9 Å². The highest BCUT2D eigenvalue weighted by atomic mass is 32.2. The number of hydrogen-bond acceptors (Lipinski definition) is 5. The predicted octanol–water partition coefficient (Wildman–Crippen LogP) is 3.91. The minimum absolute atomic E-state index is 0.244. The van der Waals surface area contributed by atoms with Crippen LogP contribution in [0, 0.1) is 5.92 Å². The van der Waals surface area contributed by atoms with E-state index in [9.17, 15) is 4.79 Å². The average Bonchev–Trinajstić information content (AvgIpc) is 2.67. The minimum Gasteiger partial charge on any atom is -0.493 e. The van der Waals surface area contributed by atoms with Crippen LogP contribution in [-0.2, 0) is 16.8 Å². The molecule has 1 amide bonds. The molecule has 0 radical (unpaired) electrons. The number of rotatable bonds is 3. The van der Waals surface area contributed by atoms with Crippen LogP contribution in [-0.4, -0.2) is 47.7 Å². The summed E-state index contributed by atoms with van der Waals surface area (Å²) in [6.45, 7) is 3.05. The second-order valence-electron chi connectivity index (χ2n) is 7.57. The molecule has 3 aliphatic heterocycles. The Bertz CT molecular complexity index is 705. The van der Waals surface area contributed by atoms with Crippen LogP contribution in [0.1, 0.15) is 37.3 Å². The van der Waals surface area contributed by atoms with Crippen LogP contribution in [0.25, 0.3) is 0 Å². The number of amides is 1. The van der Waals surface area contributed by atoms with Gasteiger partial charge in [-0.3, -0.25) is 4.79 Å². The summed E-state index contributed by atoms with van der Waals surface area (Å²) >= 11 is 4.10. The molecule has 3 heterocycles. The molecule has 0 aromatic heterocycles. The molecular formula is C20H27NO3S2. The lowest BCUT2D eigenvalue weighted by atomic mass is 9.72. The summed E-state index contributed by atoms with van der Waals surface area (Å²) in [6, 6.07) is 4.21. The highest BCUT2D eigenvalue weighted by Crippen LogP contribution is 2.51. The molecule has 26 heavy (non-hydrogen) atoms. The molecule has 6 heteroatoms. The largest absolute Gasteiger partial charge is 0.493 e. The van der Waals surface area contributed by atoms with Gasteiger partial charge in [-0.1, -0.05) is 0 Å². The van der Waals surface area contributed by atoms with E-state index >= 15 is 0 Å². The number of carbonyl (C=O) groups is 1. The van der Waals surface area contributed by atoms with Crippen molar-refractivity contribution in [2.24, 2.45) is 5.92 Å². The van der Waals surface area contributed by atoms with Crippen LogP contribution in [0.15, 0.2) is 12.1 Å². The van der Waals surface area contributed by atoms with E-state index in [1.165, 1.54) is 29.1 Å². The summed E-state index contributed by atoms with van der Waals surface area (Å²) in [5, 5.41) is 0. The molecule has 0 bridgehead atoms. The number of fused-ring (bicyclic) bond motifs is 3. The molecule has 2 fully saturated rings. The third-order valence-electron chi connectivity index (χ3n) is 6.03. The average molecular weight is 394 g/mol. The van der Waals surface area contributed by atoms with Crippen LogP contribution in [0.5, 0.6) is 11.5 Å². The highest BCUT2D eigenvalue weighted by Gasteiger charge is 2.49. The Balaban J connectivity index is 1.72. The number of thioether (sulfide) groups is 2. The zero-order chi connectivity index (χ0) is 18.3. The first-order valence-corrected chi connectivity index (χ1v) is 11.5. The Morgan fingerprint density at radius 3 is 2.54 bits per heavy atom. The second kappa shape index (κ2) is 7.19. The number of carbonyl (C=O) groups excluding carboxylic acids is 1. The fraction of sp³-hybridized carbons (Fsp3) is 0.650. The van der Waals surface area contributed by atoms with Gasteiger partial charge in [0.1, 0.15) is 0 Å². The van der Waals surface area contributed by atoms with Crippen LogP contribution >= 0.6 is 23.5 Å². The van der Waals surface area contributed by atoms with Crippen molar-refractivity contribution in [1.29, 1.82) is 0 Å². The Kier molecular flexibility index (Phi) is 5.08. The molecule has 0 aliphatic carbocycles. The van der Waals surface area contributed by atoms with Gasteiger partial charge in [0, 0.05) is 13.0 Å². The fourth-order valence-electron chi connectivity index (χ4n) is 4.76. The molecule has 142 valence electrons. The van der Waals surface area contributed by atoms with Crippen molar-refractivity contribution in [2.75, 3.05) is 32.3 Å². The van der Waals surface area contributed by atoms with Gasteiger partial charge in [-0.15, -0.1) is 23.5 Å². The van der Waals surface area contributed by atoms with Crippen LogP contribution in [0.4, 0.5) is 0 Å². The molecule has 0 saturated carbocycles. The van der Waals surface area contributed by atoms with Crippen molar-refractivity contribution in [2.45, 2.75) is 42.7 Å². The molecule has 4 rings (SSSR count). The SMILES string of the molecule is COc1cc2c(cc1OC)[C@@]1(C)C[C@@H](C3SCCCS3)CC(=O)N1CC2. The van der Waals surface area contributed by atoms with Gasteiger partial charge >= 0.3 is 0 Å². The molecule has 0 spiro atoms. The molecule has 2 saturated heterocycles. The normalized spacial score (nSPS) is 29.1. The predicted molar refractivity (Wildman–Crippen MR) is 108 cm³/mol. The van der Waals surface area contributed by atoms with E-state index in [0.717, 1.165) is 30.9 Å². The first-order chi connectivity index (χ1) is 12.6. The third-order valence-corrected chi connectivity index (χ3v) is 9.32. The van der Waals surface area contributed by atoms with E-state index < -0.39 is 0 Å². The van der Waals surface area contributed by atoms with E-state index in [2.05, 4.69) is 47.5 Å². The number of benzene rings is 1. The van der Waals surface area contributed by atoms with Gasteiger partial charge in [0.05, 0.1) is 24.3 Å². The lowest BCUT2D eigenvalue weighted by Crippen LogP contribution is -2.57. The second-order valence-corrected chi connectivity index (χ2v) is 10.4. The minimum atomic E-state index is -0.244. The van der Waals surface area contributed by atoms with Crippen molar-refractivity contribution in [3.05, 3.63) is 23.3 Å². The van der Waals surface area contributed by atoms with Crippen molar-refractivity contribution in [1.82, 2.24) is 4.90 Å². The Morgan fingerprint density at radius 2 is 1.85 bits per heavy atom. The van der Waals surface area contributed by atoms with Gasteiger partial charge in [-0.25, -0.2) is 0 Å². The zero-order valence-electron chi connectivity index (χ0n) is 15.7. The molecule has 0 N–H and O–H groups in total. The Hall–Kier alpha value is -1.01. The summed E-state index contributed by atoms with van der Waals surface area (Å²) in [7, 11) is 3.36. The smallest absolute Gasteiger partial charge is 0.223 e. The molecule has 1 aromatic carbocycles. The number of piperidine rings is 1. The van der Waals surface area contributed by atoms with Crippen molar-refractivity contribution >= 4 is 29.4 Å². The van der Waals surface area contributed by atoms with Gasteiger partial charge in [-0.2, -0.15) is 0 Å². The molecule has 1 aromatic rings. The van der Waals surface area contributed by atoms with Gasteiger partial charge in [0.25, 0.3) is 0 Å². The van der Waals surface area contributed by atoms with Crippen LogP contribution in [0.3, 0.4) is 0 Å². The van der Waals surface area contributed by atoms with Crippen molar-refractivity contribution in [3.63, 3.8) is 0 Å². The first kappa shape index (κ1) is 18.4. The molecular weight excluding hydrogens is 366 g/mol. The number of methoxy groups -OCH3 is 2. The topological polar surface area (TPSA) is 38.8 Å². The number of ether oxygens (including phenoxy) is 2. The number of nitrogens with zero attached hydrogens (tertiary/aromatic N) is 1.